The molecule has 0 saturated carbocycles. The van der Waals surface area contributed by atoms with Crippen LogP contribution in [0.5, 0.6) is 0 Å². The summed E-state index contributed by atoms with van der Waals surface area (Å²) in [6.45, 7) is 2.53. The maximum absolute atomic E-state index is 11.7. The van der Waals surface area contributed by atoms with Gasteiger partial charge in [0.05, 0.1) is 5.56 Å². The zero-order valence-corrected chi connectivity index (χ0v) is 11.5. The third kappa shape index (κ3) is 5.65. The lowest BCUT2D eigenvalue weighted by atomic mass is 10.1. The van der Waals surface area contributed by atoms with E-state index in [0.717, 1.165) is 12.0 Å². The van der Waals surface area contributed by atoms with Crippen LogP contribution in [0.1, 0.15) is 29.3 Å². The summed E-state index contributed by atoms with van der Waals surface area (Å²) in [6.07, 6.45) is 0.842. The molecule has 1 unspecified atom stereocenters. The second-order valence-corrected chi connectivity index (χ2v) is 5.54. The summed E-state index contributed by atoms with van der Waals surface area (Å²) in [5.41, 5.74) is 0.946. The average molecular weight is 283 g/mol. The number of rotatable bonds is 7. The Hall–Kier alpha value is -1.69. The molecular weight excluding hydrogens is 266 g/mol. The number of carboxylic acids is 1. The Morgan fingerprint density at radius 3 is 2.42 bits per heavy atom. The number of carbonyl (C=O) groups is 2. The van der Waals surface area contributed by atoms with Gasteiger partial charge in [0, 0.05) is 23.1 Å². The SMILES string of the molecule is CCCNC(=O)CS(=O)Cc1ccc(C(=O)O)cc1. The number of benzene rings is 1. The molecule has 0 radical (unpaired) electrons. The molecule has 1 aromatic rings. The highest BCUT2D eigenvalue weighted by molar-refractivity contribution is 7.84. The summed E-state index contributed by atoms with van der Waals surface area (Å²) < 4.78 is 11.7. The van der Waals surface area contributed by atoms with Crippen molar-refractivity contribution in [3.05, 3.63) is 35.4 Å². The zero-order chi connectivity index (χ0) is 14.3. The van der Waals surface area contributed by atoms with Crippen LogP contribution in [0.2, 0.25) is 0 Å². The number of hydrogen-bond donors (Lipinski definition) is 2. The van der Waals surface area contributed by atoms with Crippen molar-refractivity contribution in [3.63, 3.8) is 0 Å². The van der Waals surface area contributed by atoms with Crippen molar-refractivity contribution in [1.82, 2.24) is 5.32 Å². The van der Waals surface area contributed by atoms with E-state index in [1.165, 1.54) is 12.1 Å². The Kier molecular flexibility index (Phi) is 6.21. The maximum atomic E-state index is 11.7. The van der Waals surface area contributed by atoms with E-state index in [1.54, 1.807) is 12.1 Å². The van der Waals surface area contributed by atoms with Crippen molar-refractivity contribution < 1.29 is 18.9 Å². The third-order valence-electron chi connectivity index (χ3n) is 2.39. The normalized spacial score (nSPS) is 11.8. The fraction of sp³-hybridized carbons (Fsp3) is 0.385. The van der Waals surface area contributed by atoms with E-state index in [-0.39, 0.29) is 23.0 Å². The third-order valence-corrected chi connectivity index (χ3v) is 3.63. The second-order valence-electron chi connectivity index (χ2n) is 4.08. The van der Waals surface area contributed by atoms with Crippen molar-refractivity contribution in [3.8, 4) is 0 Å². The molecule has 0 aliphatic carbocycles. The minimum absolute atomic E-state index is 0.0271. The molecule has 104 valence electrons. The highest BCUT2D eigenvalue weighted by Gasteiger charge is 2.09. The van der Waals surface area contributed by atoms with Crippen LogP contribution in [0, 0.1) is 0 Å². The summed E-state index contributed by atoms with van der Waals surface area (Å²) >= 11 is 0. The number of carboxylic acid groups (broad SMARTS) is 1. The first-order valence-corrected chi connectivity index (χ1v) is 7.45. The second kappa shape index (κ2) is 7.68. The van der Waals surface area contributed by atoms with Gasteiger partial charge >= 0.3 is 5.97 Å². The zero-order valence-electron chi connectivity index (χ0n) is 10.7. The van der Waals surface area contributed by atoms with E-state index >= 15 is 0 Å². The van der Waals surface area contributed by atoms with E-state index in [4.69, 9.17) is 5.11 Å². The van der Waals surface area contributed by atoms with Gasteiger partial charge in [-0.05, 0) is 24.1 Å². The lowest BCUT2D eigenvalue weighted by Crippen LogP contribution is -2.29. The van der Waals surface area contributed by atoms with Crippen LogP contribution in [0.3, 0.4) is 0 Å². The van der Waals surface area contributed by atoms with Crippen LogP contribution < -0.4 is 5.32 Å². The van der Waals surface area contributed by atoms with E-state index < -0.39 is 16.8 Å². The molecule has 0 heterocycles. The highest BCUT2D eigenvalue weighted by Crippen LogP contribution is 2.07. The summed E-state index contributed by atoms with van der Waals surface area (Å²) in [7, 11) is -1.28. The van der Waals surface area contributed by atoms with Gasteiger partial charge in [0.15, 0.2) is 0 Å². The molecule has 0 aliphatic rings. The topological polar surface area (TPSA) is 83.5 Å². The minimum Gasteiger partial charge on any atom is -0.478 e. The highest BCUT2D eigenvalue weighted by atomic mass is 32.2. The quantitative estimate of drug-likeness (QED) is 0.786. The van der Waals surface area contributed by atoms with Gasteiger partial charge in [-0.3, -0.25) is 9.00 Å². The Bertz CT molecular complexity index is 470. The number of hydrogen-bond acceptors (Lipinski definition) is 3. The Morgan fingerprint density at radius 1 is 1.26 bits per heavy atom. The van der Waals surface area contributed by atoms with Crippen molar-refractivity contribution >= 4 is 22.7 Å². The maximum Gasteiger partial charge on any atom is 0.335 e. The summed E-state index contributed by atoms with van der Waals surface area (Å²) in [5, 5.41) is 11.4. The molecule has 2 N–H and O–H groups in total. The van der Waals surface area contributed by atoms with Gasteiger partial charge in [0.25, 0.3) is 0 Å². The molecule has 0 bridgehead atoms. The number of carbonyl (C=O) groups excluding carboxylic acids is 1. The van der Waals surface area contributed by atoms with Crippen molar-refractivity contribution in [2.45, 2.75) is 19.1 Å². The predicted molar refractivity (Wildman–Crippen MR) is 73.4 cm³/mol. The molecule has 6 heteroatoms. The van der Waals surface area contributed by atoms with Gasteiger partial charge in [-0.15, -0.1) is 0 Å². The van der Waals surface area contributed by atoms with E-state index in [2.05, 4.69) is 5.32 Å². The summed E-state index contributed by atoms with van der Waals surface area (Å²) in [4.78, 5) is 22.0. The van der Waals surface area contributed by atoms with Crippen LogP contribution in [0.25, 0.3) is 0 Å². The standard InChI is InChI=1S/C13H17NO4S/c1-2-7-14-12(15)9-19(18)8-10-3-5-11(6-4-10)13(16)17/h3-6H,2,7-9H2,1H3,(H,14,15)(H,16,17). The molecular formula is C13H17NO4S. The van der Waals surface area contributed by atoms with Gasteiger partial charge in [0.2, 0.25) is 5.91 Å². The van der Waals surface area contributed by atoms with Crippen LogP contribution in [0.15, 0.2) is 24.3 Å². The van der Waals surface area contributed by atoms with Crippen molar-refractivity contribution in [1.29, 1.82) is 0 Å². The number of amides is 1. The number of nitrogens with one attached hydrogen (secondary N) is 1. The molecule has 1 amide bonds. The van der Waals surface area contributed by atoms with Gasteiger partial charge in [-0.25, -0.2) is 4.79 Å². The smallest absolute Gasteiger partial charge is 0.335 e. The molecule has 1 aromatic carbocycles. The fourth-order valence-electron chi connectivity index (χ4n) is 1.44. The molecule has 5 nitrogen and oxygen atoms in total. The lowest BCUT2D eigenvalue weighted by Gasteiger charge is -2.04. The van der Waals surface area contributed by atoms with Crippen LogP contribution in [0.4, 0.5) is 0 Å². The van der Waals surface area contributed by atoms with Gasteiger partial charge in [0.1, 0.15) is 5.75 Å². The van der Waals surface area contributed by atoms with Crippen LogP contribution in [-0.4, -0.2) is 33.5 Å². The largest absolute Gasteiger partial charge is 0.478 e. The average Bonchev–Trinajstić information content (AvgIpc) is 2.36. The predicted octanol–water partition coefficient (Wildman–Crippen LogP) is 1.16. The van der Waals surface area contributed by atoms with Crippen LogP contribution in [-0.2, 0) is 21.3 Å². The van der Waals surface area contributed by atoms with E-state index in [9.17, 15) is 13.8 Å². The molecule has 0 spiro atoms. The van der Waals surface area contributed by atoms with E-state index in [0.29, 0.717) is 6.54 Å². The van der Waals surface area contributed by atoms with Gasteiger partial charge < -0.3 is 10.4 Å². The van der Waals surface area contributed by atoms with Crippen LogP contribution >= 0.6 is 0 Å². The Morgan fingerprint density at radius 2 is 1.89 bits per heavy atom. The Balaban J connectivity index is 2.48. The first-order valence-electron chi connectivity index (χ1n) is 5.97. The molecule has 1 atom stereocenters. The van der Waals surface area contributed by atoms with Gasteiger partial charge in [-0.1, -0.05) is 19.1 Å². The minimum atomic E-state index is -1.28. The first-order chi connectivity index (χ1) is 9.02. The molecule has 19 heavy (non-hydrogen) atoms. The fourth-order valence-corrected chi connectivity index (χ4v) is 2.50. The first kappa shape index (κ1) is 15.4. The molecule has 1 rings (SSSR count). The molecule has 0 saturated heterocycles. The molecule has 0 aromatic heterocycles. The van der Waals surface area contributed by atoms with Crippen molar-refractivity contribution in [2.24, 2.45) is 0 Å². The summed E-state index contributed by atoms with van der Waals surface area (Å²) in [5.74, 6) is -0.992. The monoisotopic (exact) mass is 283 g/mol. The molecule has 0 fully saturated rings. The number of aromatic carboxylic acids is 1. The van der Waals surface area contributed by atoms with E-state index in [1.807, 2.05) is 6.92 Å². The summed E-state index contributed by atoms with van der Waals surface area (Å²) in [6, 6.07) is 6.16. The Labute approximate surface area is 114 Å². The van der Waals surface area contributed by atoms with Crippen molar-refractivity contribution in [2.75, 3.05) is 12.3 Å². The lowest BCUT2D eigenvalue weighted by molar-refractivity contribution is -0.118. The van der Waals surface area contributed by atoms with Gasteiger partial charge in [-0.2, -0.15) is 0 Å². The molecule has 0 aliphatic heterocycles.